The van der Waals surface area contributed by atoms with Crippen LogP contribution in [0.5, 0.6) is 0 Å². The molecule has 0 aliphatic carbocycles. The van der Waals surface area contributed by atoms with E-state index in [1.54, 1.807) is 6.08 Å². The third-order valence-corrected chi connectivity index (χ3v) is 12.3. The van der Waals surface area contributed by atoms with E-state index in [-0.39, 0.29) is 19.6 Å². The van der Waals surface area contributed by atoms with Gasteiger partial charge in [-0.25, -0.2) is 4.57 Å². The quantitative estimate of drug-likeness (QED) is 0.0230. The van der Waals surface area contributed by atoms with Crippen molar-refractivity contribution in [2.45, 2.75) is 263 Å². The van der Waals surface area contributed by atoms with E-state index in [0.717, 1.165) is 32.1 Å². The highest BCUT2D eigenvalue weighted by molar-refractivity contribution is 7.47. The maximum absolute atomic E-state index is 12.9. The number of hydrogen-bond acceptors (Lipinski definition) is 7. The van der Waals surface area contributed by atoms with Gasteiger partial charge in [-0.05, 0) is 32.1 Å². The van der Waals surface area contributed by atoms with E-state index in [1.165, 1.54) is 180 Å². The van der Waals surface area contributed by atoms with Crippen molar-refractivity contribution in [3.63, 3.8) is 0 Å². The largest absolute Gasteiger partial charge is 0.472 e. The molecule has 9 nitrogen and oxygen atoms in total. The number of aliphatic hydroxyl groups is 2. The van der Waals surface area contributed by atoms with Crippen molar-refractivity contribution in [1.29, 1.82) is 0 Å². The Morgan fingerprint density at radius 1 is 0.576 bits per heavy atom. The summed E-state index contributed by atoms with van der Waals surface area (Å²) in [5, 5.41) is 24.1. The Labute approximate surface area is 364 Å². The minimum atomic E-state index is -4.41. The lowest BCUT2D eigenvalue weighted by atomic mass is 10.0. The normalized spacial score (nSPS) is 14.6. The zero-order valence-electron chi connectivity index (χ0n) is 38.6. The summed E-state index contributed by atoms with van der Waals surface area (Å²) in [4.78, 5) is 22.8. The van der Waals surface area contributed by atoms with Gasteiger partial charge in [0.15, 0.2) is 0 Å². The van der Waals surface area contributed by atoms with E-state index in [2.05, 4.69) is 31.3 Å². The maximum Gasteiger partial charge on any atom is 0.472 e. The molecule has 0 rings (SSSR count). The second-order valence-corrected chi connectivity index (χ2v) is 18.7. The molecule has 59 heavy (non-hydrogen) atoms. The van der Waals surface area contributed by atoms with Crippen LogP contribution >= 0.6 is 7.82 Å². The van der Waals surface area contributed by atoms with Crippen LogP contribution in [0.15, 0.2) is 24.3 Å². The van der Waals surface area contributed by atoms with Gasteiger partial charge in [-0.3, -0.25) is 13.8 Å². The van der Waals surface area contributed by atoms with Gasteiger partial charge in [0.05, 0.1) is 37.9 Å². The molecule has 350 valence electrons. The minimum Gasteiger partial charge on any atom is -0.393 e. The number of phosphoric ester groups is 1. The van der Waals surface area contributed by atoms with Crippen molar-refractivity contribution in [1.82, 2.24) is 5.32 Å². The number of phosphoric acid groups is 1. The van der Waals surface area contributed by atoms with Crippen molar-refractivity contribution in [3.05, 3.63) is 24.3 Å². The van der Waals surface area contributed by atoms with Gasteiger partial charge in [-0.15, -0.1) is 0 Å². The molecule has 0 aliphatic rings. The second-order valence-electron chi connectivity index (χ2n) is 17.2. The number of hydrogen-bond donors (Lipinski definition) is 5. The van der Waals surface area contributed by atoms with E-state index in [0.29, 0.717) is 12.8 Å². The smallest absolute Gasteiger partial charge is 0.393 e. The van der Waals surface area contributed by atoms with Crippen LogP contribution in [0, 0.1) is 0 Å². The molecule has 0 aromatic carbocycles. The number of carbonyl (C=O) groups excluding carboxylic acids is 1. The summed E-state index contributed by atoms with van der Waals surface area (Å²) in [6.45, 7) is 3.99. The first-order valence-corrected chi connectivity index (χ1v) is 26.5. The van der Waals surface area contributed by atoms with Crippen LogP contribution in [0.3, 0.4) is 0 Å². The minimum absolute atomic E-state index is 0.0463. The standard InChI is InChI=1S/C49H97N2O7P/c1-3-5-7-9-11-13-15-17-19-21-23-24-26-28-30-32-34-36-38-40-46(52)44-49(54)51-47(45-58-59(55,56)57-43-42-50)48(53)41-39-37-35-33-31-29-27-25-22-20-18-16-14-12-10-8-6-4-2/h31,33,39,41,46-48,52-53H,3-30,32,34-38,40,42-45,50H2,1-2H3,(H,51,54)(H,55,56)/b33-31+,41-39+. The fourth-order valence-corrected chi connectivity index (χ4v) is 8.31. The van der Waals surface area contributed by atoms with Crippen LogP contribution in [0.1, 0.15) is 245 Å². The SMILES string of the molecule is CCCCCCCCCCCCCC/C=C/CC/C=C/C(O)C(COP(=O)(O)OCCN)NC(=O)CC(O)CCCCCCCCCCCCCCCCCCCCC. The van der Waals surface area contributed by atoms with Crippen molar-refractivity contribution < 1.29 is 33.5 Å². The zero-order chi connectivity index (χ0) is 43.3. The number of unbranched alkanes of at least 4 members (excludes halogenated alkanes) is 31. The Kier molecular flexibility index (Phi) is 44.2. The average molecular weight is 857 g/mol. The molecule has 10 heteroatoms. The van der Waals surface area contributed by atoms with Gasteiger partial charge in [0.2, 0.25) is 5.91 Å². The third kappa shape index (κ3) is 43.4. The lowest BCUT2D eigenvalue weighted by Gasteiger charge is -2.24. The van der Waals surface area contributed by atoms with E-state index in [1.807, 2.05) is 6.08 Å². The van der Waals surface area contributed by atoms with Gasteiger partial charge in [-0.2, -0.15) is 0 Å². The molecule has 4 unspecified atom stereocenters. The second kappa shape index (κ2) is 45.0. The third-order valence-electron chi connectivity index (χ3n) is 11.3. The number of nitrogens with one attached hydrogen (secondary N) is 1. The van der Waals surface area contributed by atoms with Gasteiger partial charge in [-0.1, -0.05) is 231 Å². The molecule has 0 bridgehead atoms. The topological polar surface area (TPSA) is 151 Å². The van der Waals surface area contributed by atoms with Crippen LogP contribution in [0.4, 0.5) is 0 Å². The van der Waals surface area contributed by atoms with Crippen molar-refractivity contribution >= 4 is 13.7 Å². The first-order valence-electron chi connectivity index (χ1n) is 25.0. The molecule has 0 spiro atoms. The maximum atomic E-state index is 12.9. The summed E-state index contributed by atoms with van der Waals surface area (Å²) in [5.41, 5.74) is 5.38. The van der Waals surface area contributed by atoms with Crippen LogP contribution in [0.25, 0.3) is 0 Å². The molecule has 0 aromatic rings. The van der Waals surface area contributed by atoms with Crippen LogP contribution < -0.4 is 11.1 Å². The first-order chi connectivity index (χ1) is 28.8. The predicted octanol–water partition coefficient (Wildman–Crippen LogP) is 13.5. The van der Waals surface area contributed by atoms with E-state index in [9.17, 15) is 24.5 Å². The monoisotopic (exact) mass is 857 g/mol. The molecule has 0 saturated heterocycles. The fourth-order valence-electron chi connectivity index (χ4n) is 7.55. The molecule has 0 fully saturated rings. The van der Waals surface area contributed by atoms with Gasteiger partial charge in [0.1, 0.15) is 0 Å². The molecular weight excluding hydrogens is 760 g/mol. The molecule has 0 radical (unpaired) electrons. The van der Waals surface area contributed by atoms with E-state index in [4.69, 9.17) is 14.8 Å². The summed E-state index contributed by atoms with van der Waals surface area (Å²) in [5.74, 6) is -0.451. The van der Waals surface area contributed by atoms with Crippen LogP contribution in [-0.4, -0.2) is 59.0 Å². The van der Waals surface area contributed by atoms with Crippen molar-refractivity contribution in [3.8, 4) is 0 Å². The summed E-state index contributed by atoms with van der Waals surface area (Å²) in [6.07, 6.45) is 49.9. The molecule has 6 N–H and O–H groups in total. The Morgan fingerprint density at radius 3 is 1.41 bits per heavy atom. The number of aliphatic hydroxyl groups excluding tert-OH is 2. The highest BCUT2D eigenvalue weighted by Crippen LogP contribution is 2.43. The summed E-state index contributed by atoms with van der Waals surface area (Å²) < 4.78 is 22.1. The van der Waals surface area contributed by atoms with Gasteiger partial charge >= 0.3 is 7.82 Å². The van der Waals surface area contributed by atoms with Crippen LogP contribution in [-0.2, 0) is 18.4 Å². The average Bonchev–Trinajstić information content (AvgIpc) is 3.21. The molecule has 0 heterocycles. The Morgan fingerprint density at radius 2 is 0.966 bits per heavy atom. The molecule has 4 atom stereocenters. The highest BCUT2D eigenvalue weighted by Gasteiger charge is 2.27. The van der Waals surface area contributed by atoms with E-state index < -0.39 is 38.6 Å². The van der Waals surface area contributed by atoms with Gasteiger partial charge in [0.25, 0.3) is 0 Å². The highest BCUT2D eigenvalue weighted by atomic mass is 31.2. The van der Waals surface area contributed by atoms with Gasteiger partial charge < -0.3 is 26.2 Å². The fraction of sp³-hybridized carbons (Fsp3) is 0.898. The number of nitrogens with two attached hydrogens (primary N) is 1. The lowest BCUT2D eigenvalue weighted by molar-refractivity contribution is -0.124. The summed E-state index contributed by atoms with van der Waals surface area (Å²) >= 11 is 0. The number of allylic oxidation sites excluding steroid dienone is 3. The Hall–Kier alpha value is -1.06. The molecule has 1 amide bonds. The first kappa shape index (κ1) is 57.9. The van der Waals surface area contributed by atoms with Crippen molar-refractivity contribution in [2.24, 2.45) is 5.73 Å². The lowest BCUT2D eigenvalue weighted by Crippen LogP contribution is -2.46. The van der Waals surface area contributed by atoms with Crippen LogP contribution in [0.2, 0.25) is 0 Å². The molecule has 0 aromatic heterocycles. The summed E-state index contributed by atoms with van der Waals surface area (Å²) in [7, 11) is -4.41. The zero-order valence-corrected chi connectivity index (χ0v) is 39.5. The number of amides is 1. The number of rotatable bonds is 47. The molecule has 0 aliphatic heterocycles. The van der Waals surface area contributed by atoms with Crippen molar-refractivity contribution in [2.75, 3.05) is 19.8 Å². The summed E-state index contributed by atoms with van der Waals surface area (Å²) in [6, 6.07) is -0.996. The number of carbonyl (C=O) groups is 1. The predicted molar refractivity (Wildman–Crippen MR) is 251 cm³/mol. The van der Waals surface area contributed by atoms with E-state index >= 15 is 0 Å². The Balaban J connectivity index is 4.23. The molecular formula is C49H97N2O7P. The van der Waals surface area contributed by atoms with Gasteiger partial charge in [0, 0.05) is 6.54 Å². The molecule has 0 saturated carbocycles. The Bertz CT molecular complexity index is 997.